The molecule has 2 atom stereocenters. The van der Waals surface area contributed by atoms with E-state index in [-0.39, 0.29) is 27.6 Å². The maximum Gasteiger partial charge on any atom is 0.224 e. The fourth-order valence-electron chi connectivity index (χ4n) is 2.68. The molecule has 1 heterocycles. The van der Waals surface area contributed by atoms with Gasteiger partial charge in [-0.25, -0.2) is 4.39 Å². The average molecular weight is 333 g/mol. The van der Waals surface area contributed by atoms with Crippen LogP contribution in [0.15, 0.2) is 12.1 Å². The first kappa shape index (κ1) is 16.5. The highest BCUT2D eigenvalue weighted by molar-refractivity contribution is 6.39. The van der Waals surface area contributed by atoms with Gasteiger partial charge in [-0.1, -0.05) is 30.1 Å². The number of benzene rings is 1. The topological polar surface area (TPSA) is 41.1 Å². The first-order chi connectivity index (χ1) is 9.97. The molecule has 0 aromatic heterocycles. The van der Waals surface area contributed by atoms with Gasteiger partial charge >= 0.3 is 0 Å². The molecule has 1 aliphatic rings. The summed E-state index contributed by atoms with van der Waals surface area (Å²) in [6.07, 6.45) is 2.68. The van der Waals surface area contributed by atoms with Gasteiger partial charge in [0.2, 0.25) is 5.91 Å². The number of amides is 1. The van der Waals surface area contributed by atoms with Gasteiger partial charge in [0.1, 0.15) is 5.82 Å². The van der Waals surface area contributed by atoms with E-state index in [1.165, 1.54) is 0 Å². The Morgan fingerprint density at radius 1 is 1.48 bits per heavy atom. The number of nitrogens with one attached hydrogen (secondary N) is 2. The number of piperidine rings is 1. The Kier molecular flexibility index (Phi) is 5.85. The van der Waals surface area contributed by atoms with Crippen LogP contribution in [-0.4, -0.2) is 19.0 Å². The third kappa shape index (κ3) is 4.56. The Balaban J connectivity index is 1.95. The fraction of sp³-hybridized carbons (Fsp3) is 0.533. The molecule has 0 bridgehead atoms. The van der Waals surface area contributed by atoms with E-state index in [0.717, 1.165) is 38.1 Å². The van der Waals surface area contributed by atoms with Crippen LogP contribution in [0.4, 0.5) is 10.1 Å². The van der Waals surface area contributed by atoms with E-state index in [9.17, 15) is 9.18 Å². The number of hydrogen-bond acceptors (Lipinski definition) is 2. The lowest BCUT2D eigenvalue weighted by Crippen LogP contribution is -2.34. The molecule has 1 aromatic rings. The lowest BCUT2D eigenvalue weighted by molar-refractivity contribution is -0.117. The van der Waals surface area contributed by atoms with Gasteiger partial charge in [-0.3, -0.25) is 4.79 Å². The van der Waals surface area contributed by atoms with E-state index in [0.29, 0.717) is 12.3 Å². The van der Waals surface area contributed by atoms with E-state index in [1.54, 1.807) is 0 Å². The molecule has 1 amide bonds. The minimum absolute atomic E-state index is 0.111. The van der Waals surface area contributed by atoms with Crippen LogP contribution in [0.3, 0.4) is 0 Å². The zero-order valence-corrected chi connectivity index (χ0v) is 13.4. The Labute approximate surface area is 134 Å². The second-order valence-corrected chi connectivity index (χ2v) is 6.39. The van der Waals surface area contributed by atoms with E-state index >= 15 is 0 Å². The fourth-order valence-corrected chi connectivity index (χ4v) is 3.23. The molecule has 3 nitrogen and oxygen atoms in total. The van der Waals surface area contributed by atoms with Crippen LogP contribution in [-0.2, 0) is 4.79 Å². The summed E-state index contributed by atoms with van der Waals surface area (Å²) in [7, 11) is 0. The first-order valence-electron chi connectivity index (χ1n) is 7.12. The maximum atomic E-state index is 13.1. The Hall–Kier alpha value is -0.840. The molecule has 6 heteroatoms. The number of hydrogen-bond donors (Lipinski definition) is 2. The molecule has 1 fully saturated rings. The largest absolute Gasteiger partial charge is 0.324 e. The smallest absolute Gasteiger partial charge is 0.224 e. The number of carbonyl (C=O) groups excluding carboxylic acids is 1. The van der Waals surface area contributed by atoms with Crippen LogP contribution in [0.1, 0.15) is 26.2 Å². The van der Waals surface area contributed by atoms with Gasteiger partial charge in [-0.2, -0.15) is 0 Å². The lowest BCUT2D eigenvalue weighted by Gasteiger charge is -2.28. The summed E-state index contributed by atoms with van der Waals surface area (Å²) in [5.41, 5.74) is 0.277. The molecule has 2 unspecified atom stereocenters. The average Bonchev–Trinajstić information content (AvgIpc) is 2.43. The van der Waals surface area contributed by atoms with Crippen molar-refractivity contribution in [1.82, 2.24) is 5.32 Å². The van der Waals surface area contributed by atoms with Crippen molar-refractivity contribution in [3.63, 3.8) is 0 Å². The van der Waals surface area contributed by atoms with Crippen molar-refractivity contribution >= 4 is 34.8 Å². The zero-order chi connectivity index (χ0) is 15.4. The van der Waals surface area contributed by atoms with Crippen LogP contribution in [0.25, 0.3) is 0 Å². The molecule has 0 aliphatic carbocycles. The quantitative estimate of drug-likeness (QED) is 0.871. The van der Waals surface area contributed by atoms with Crippen LogP contribution in [0.5, 0.6) is 0 Å². The second-order valence-electron chi connectivity index (χ2n) is 5.58. The minimum Gasteiger partial charge on any atom is -0.324 e. The summed E-state index contributed by atoms with van der Waals surface area (Å²) in [4.78, 5) is 12.1. The normalized spacial score (nSPS) is 20.1. The zero-order valence-electron chi connectivity index (χ0n) is 11.9. The molecule has 2 rings (SSSR count). The van der Waals surface area contributed by atoms with E-state index in [4.69, 9.17) is 23.2 Å². The molecule has 2 N–H and O–H groups in total. The molecule has 0 radical (unpaired) electrons. The molecule has 0 saturated carbocycles. The molecular weight excluding hydrogens is 314 g/mol. The predicted molar refractivity (Wildman–Crippen MR) is 84.4 cm³/mol. The van der Waals surface area contributed by atoms with Crippen LogP contribution < -0.4 is 10.6 Å². The third-order valence-electron chi connectivity index (χ3n) is 3.92. The summed E-state index contributed by atoms with van der Waals surface area (Å²) >= 11 is 11.8. The number of anilines is 1. The van der Waals surface area contributed by atoms with Crippen molar-refractivity contribution in [1.29, 1.82) is 0 Å². The van der Waals surface area contributed by atoms with Crippen molar-refractivity contribution < 1.29 is 9.18 Å². The highest BCUT2D eigenvalue weighted by Crippen LogP contribution is 2.32. The highest BCUT2D eigenvalue weighted by Gasteiger charge is 2.22. The van der Waals surface area contributed by atoms with Crippen LogP contribution in [0.2, 0.25) is 10.0 Å². The molecule has 1 saturated heterocycles. The summed E-state index contributed by atoms with van der Waals surface area (Å²) in [5.74, 6) is 0.104. The van der Waals surface area contributed by atoms with E-state index in [1.807, 2.05) is 0 Å². The monoisotopic (exact) mass is 332 g/mol. The number of carbonyl (C=O) groups is 1. The van der Waals surface area contributed by atoms with Gasteiger partial charge in [0.15, 0.2) is 0 Å². The van der Waals surface area contributed by atoms with Gasteiger partial charge in [0.25, 0.3) is 0 Å². The van der Waals surface area contributed by atoms with Gasteiger partial charge in [-0.15, -0.1) is 0 Å². The summed E-state index contributed by atoms with van der Waals surface area (Å²) in [6.45, 7) is 4.08. The molecule has 116 valence electrons. The van der Waals surface area contributed by atoms with Gasteiger partial charge < -0.3 is 10.6 Å². The van der Waals surface area contributed by atoms with Crippen LogP contribution >= 0.6 is 23.2 Å². The van der Waals surface area contributed by atoms with Gasteiger partial charge in [0, 0.05) is 6.42 Å². The molecule has 0 spiro atoms. The van der Waals surface area contributed by atoms with E-state index in [2.05, 4.69) is 17.6 Å². The number of rotatable bonds is 4. The lowest BCUT2D eigenvalue weighted by atomic mass is 9.85. The SMILES string of the molecule is CC(CC(=O)Nc1c(Cl)cc(F)cc1Cl)C1CCCNC1. The van der Waals surface area contributed by atoms with Gasteiger partial charge in [0.05, 0.1) is 15.7 Å². The Bertz CT molecular complexity index is 495. The van der Waals surface area contributed by atoms with Crippen molar-refractivity contribution in [2.24, 2.45) is 11.8 Å². The van der Waals surface area contributed by atoms with Crippen molar-refractivity contribution in [3.05, 3.63) is 28.0 Å². The molecule has 1 aromatic carbocycles. The molecule has 21 heavy (non-hydrogen) atoms. The van der Waals surface area contributed by atoms with Gasteiger partial charge in [-0.05, 0) is 49.9 Å². The highest BCUT2D eigenvalue weighted by atomic mass is 35.5. The molecule has 1 aliphatic heterocycles. The second kappa shape index (κ2) is 7.43. The minimum atomic E-state index is -0.523. The standard InChI is InChI=1S/C15H19Cl2FN2O/c1-9(10-3-2-4-19-8-10)5-14(21)20-15-12(16)6-11(18)7-13(15)17/h6-7,9-10,19H,2-5,8H2,1H3,(H,20,21). The van der Waals surface area contributed by atoms with Crippen molar-refractivity contribution in [3.8, 4) is 0 Å². The van der Waals surface area contributed by atoms with Crippen molar-refractivity contribution in [2.45, 2.75) is 26.2 Å². The predicted octanol–water partition coefficient (Wildman–Crippen LogP) is 4.10. The Morgan fingerprint density at radius 2 is 2.14 bits per heavy atom. The Morgan fingerprint density at radius 3 is 2.71 bits per heavy atom. The summed E-state index contributed by atoms with van der Waals surface area (Å²) in [5, 5.41) is 6.26. The molecular formula is C15H19Cl2FN2O. The van der Waals surface area contributed by atoms with Crippen LogP contribution in [0, 0.1) is 17.7 Å². The van der Waals surface area contributed by atoms with Crippen molar-refractivity contribution in [2.75, 3.05) is 18.4 Å². The third-order valence-corrected chi connectivity index (χ3v) is 4.51. The number of halogens is 3. The summed E-state index contributed by atoms with van der Waals surface area (Å²) < 4.78 is 13.1. The summed E-state index contributed by atoms with van der Waals surface area (Å²) in [6, 6.07) is 2.27. The first-order valence-corrected chi connectivity index (χ1v) is 7.88. The van der Waals surface area contributed by atoms with E-state index < -0.39 is 5.82 Å². The maximum absolute atomic E-state index is 13.1.